The lowest BCUT2D eigenvalue weighted by atomic mass is 10.0. The Hall–Kier alpha value is -2.81. The van der Waals surface area contributed by atoms with Crippen LogP contribution in [0.4, 0.5) is 5.69 Å². The third kappa shape index (κ3) is 2.86. The number of carbonyl (C=O) groups excluding carboxylic acids is 2. The predicted octanol–water partition coefficient (Wildman–Crippen LogP) is 3.30. The molecule has 2 aromatic carbocycles. The van der Waals surface area contributed by atoms with Gasteiger partial charge in [0.15, 0.2) is 0 Å². The fourth-order valence-corrected chi connectivity index (χ4v) is 3.27. The van der Waals surface area contributed by atoms with Crippen LogP contribution in [0.3, 0.4) is 0 Å². The molecule has 2 N–H and O–H groups in total. The standard InChI is InChI=1S/C18H11Cl2N3O2/c19-13-5-3-6-14(20)12(13)9-23-15-7-2-1-4-10(15)16(18(23)25)11(8-21)17(22)24/h1-7H,9H2,(H2,22,24)/b16-11-. The zero-order valence-corrected chi connectivity index (χ0v) is 14.3. The first-order valence-electron chi connectivity index (χ1n) is 7.24. The number of halogens is 2. The average molecular weight is 372 g/mol. The molecule has 7 heteroatoms. The predicted molar refractivity (Wildman–Crippen MR) is 95.8 cm³/mol. The molecule has 0 spiro atoms. The van der Waals surface area contributed by atoms with E-state index in [4.69, 9.17) is 28.9 Å². The number of hydrogen-bond acceptors (Lipinski definition) is 3. The van der Waals surface area contributed by atoms with Gasteiger partial charge in [0.05, 0.1) is 17.8 Å². The van der Waals surface area contributed by atoms with Crippen molar-refractivity contribution in [2.45, 2.75) is 6.54 Å². The highest BCUT2D eigenvalue weighted by Crippen LogP contribution is 2.40. The van der Waals surface area contributed by atoms with Gasteiger partial charge in [0.25, 0.3) is 11.8 Å². The van der Waals surface area contributed by atoms with Crippen molar-refractivity contribution in [3.63, 3.8) is 0 Å². The maximum absolute atomic E-state index is 12.9. The molecule has 2 aromatic rings. The van der Waals surface area contributed by atoms with Crippen molar-refractivity contribution in [2.75, 3.05) is 4.90 Å². The van der Waals surface area contributed by atoms with Crippen LogP contribution in [0, 0.1) is 11.3 Å². The quantitative estimate of drug-likeness (QED) is 0.662. The molecule has 5 nitrogen and oxygen atoms in total. The van der Waals surface area contributed by atoms with Gasteiger partial charge < -0.3 is 10.6 Å². The summed E-state index contributed by atoms with van der Waals surface area (Å²) in [6.45, 7) is 0.106. The number of primary amides is 1. The third-order valence-corrected chi connectivity index (χ3v) is 4.62. The van der Waals surface area contributed by atoms with E-state index in [1.807, 2.05) is 0 Å². The Labute approximate surface area is 153 Å². The molecular formula is C18H11Cl2N3O2. The molecule has 2 amide bonds. The van der Waals surface area contributed by atoms with E-state index >= 15 is 0 Å². The van der Waals surface area contributed by atoms with Crippen LogP contribution in [-0.4, -0.2) is 11.8 Å². The Bertz CT molecular complexity index is 956. The van der Waals surface area contributed by atoms with Gasteiger partial charge in [-0.25, -0.2) is 0 Å². The maximum atomic E-state index is 12.9. The summed E-state index contributed by atoms with van der Waals surface area (Å²) >= 11 is 12.4. The van der Waals surface area contributed by atoms with E-state index in [0.29, 0.717) is 26.9 Å². The summed E-state index contributed by atoms with van der Waals surface area (Å²) in [6, 6.07) is 13.6. The van der Waals surface area contributed by atoms with Gasteiger partial charge in [0, 0.05) is 21.2 Å². The minimum atomic E-state index is -0.946. The topological polar surface area (TPSA) is 87.2 Å². The van der Waals surface area contributed by atoms with E-state index < -0.39 is 11.8 Å². The largest absolute Gasteiger partial charge is 0.365 e. The monoisotopic (exact) mass is 371 g/mol. The number of anilines is 1. The second-order valence-corrected chi connectivity index (χ2v) is 6.15. The number of fused-ring (bicyclic) bond motifs is 1. The van der Waals surface area contributed by atoms with Gasteiger partial charge in [-0.1, -0.05) is 47.5 Å². The number of hydrogen-bond donors (Lipinski definition) is 1. The molecule has 0 saturated heterocycles. The highest BCUT2D eigenvalue weighted by Gasteiger charge is 2.36. The zero-order valence-electron chi connectivity index (χ0n) is 12.8. The molecule has 0 aliphatic carbocycles. The normalized spacial score (nSPS) is 14.9. The summed E-state index contributed by atoms with van der Waals surface area (Å²) in [6.07, 6.45) is 0. The van der Waals surface area contributed by atoms with E-state index in [-0.39, 0.29) is 17.7 Å². The number of carbonyl (C=O) groups is 2. The fourth-order valence-electron chi connectivity index (χ4n) is 2.75. The summed E-state index contributed by atoms with van der Waals surface area (Å²) in [5.74, 6) is -1.44. The molecule has 0 aromatic heterocycles. The van der Waals surface area contributed by atoms with Crippen molar-refractivity contribution in [1.82, 2.24) is 0 Å². The minimum absolute atomic E-state index is 0.00576. The van der Waals surface area contributed by atoms with Crippen molar-refractivity contribution in [1.29, 1.82) is 5.26 Å². The molecule has 1 aliphatic heterocycles. The number of amides is 2. The molecule has 0 unspecified atom stereocenters. The Morgan fingerprint density at radius 1 is 1.12 bits per heavy atom. The Kier molecular flexibility index (Phi) is 4.49. The summed E-state index contributed by atoms with van der Waals surface area (Å²) < 4.78 is 0. The Balaban J connectivity index is 2.16. The highest BCUT2D eigenvalue weighted by molar-refractivity contribution is 6.38. The number of benzene rings is 2. The van der Waals surface area contributed by atoms with Crippen LogP contribution in [0.5, 0.6) is 0 Å². The van der Waals surface area contributed by atoms with Gasteiger partial charge in [-0.05, 0) is 18.2 Å². The number of rotatable bonds is 3. The van der Waals surface area contributed by atoms with E-state index in [0.717, 1.165) is 0 Å². The van der Waals surface area contributed by atoms with Gasteiger partial charge in [-0.3, -0.25) is 9.59 Å². The molecule has 0 fully saturated rings. The van der Waals surface area contributed by atoms with Crippen LogP contribution >= 0.6 is 23.2 Å². The van der Waals surface area contributed by atoms with Gasteiger partial charge in [-0.2, -0.15) is 5.26 Å². The summed E-state index contributed by atoms with van der Waals surface area (Å²) in [4.78, 5) is 25.9. The first-order chi connectivity index (χ1) is 12.0. The summed E-state index contributed by atoms with van der Waals surface area (Å²) in [5, 5.41) is 10.1. The van der Waals surface area contributed by atoms with Crippen molar-refractivity contribution in [3.05, 3.63) is 69.2 Å². The van der Waals surface area contributed by atoms with Crippen LogP contribution in [-0.2, 0) is 16.1 Å². The number of para-hydroxylation sites is 1. The Morgan fingerprint density at radius 2 is 1.76 bits per heavy atom. The second kappa shape index (κ2) is 6.60. The molecule has 0 bridgehead atoms. The highest BCUT2D eigenvalue weighted by atomic mass is 35.5. The fraction of sp³-hybridized carbons (Fsp3) is 0.0556. The van der Waals surface area contributed by atoms with Gasteiger partial charge in [0.2, 0.25) is 0 Å². The van der Waals surface area contributed by atoms with Crippen LogP contribution in [0.2, 0.25) is 10.0 Å². The molecule has 1 heterocycles. The van der Waals surface area contributed by atoms with E-state index in [9.17, 15) is 14.9 Å². The van der Waals surface area contributed by atoms with Gasteiger partial charge in [-0.15, -0.1) is 0 Å². The summed E-state index contributed by atoms with van der Waals surface area (Å²) in [5.41, 5.74) is 6.50. The smallest absolute Gasteiger partial charge is 0.260 e. The van der Waals surface area contributed by atoms with E-state index in [1.54, 1.807) is 48.5 Å². The minimum Gasteiger partial charge on any atom is -0.365 e. The maximum Gasteiger partial charge on any atom is 0.260 e. The van der Waals surface area contributed by atoms with Crippen molar-refractivity contribution in [2.24, 2.45) is 5.73 Å². The first-order valence-corrected chi connectivity index (χ1v) is 7.99. The van der Waals surface area contributed by atoms with Gasteiger partial charge in [0.1, 0.15) is 11.6 Å². The lowest BCUT2D eigenvalue weighted by Gasteiger charge is -2.19. The molecule has 3 rings (SSSR count). The lowest BCUT2D eigenvalue weighted by molar-refractivity contribution is -0.115. The number of nitrogens with zero attached hydrogens (tertiary/aromatic N) is 2. The van der Waals surface area contributed by atoms with Crippen LogP contribution in [0.25, 0.3) is 5.57 Å². The molecule has 0 radical (unpaired) electrons. The van der Waals surface area contributed by atoms with Crippen molar-refractivity contribution < 1.29 is 9.59 Å². The first kappa shape index (κ1) is 17.0. The van der Waals surface area contributed by atoms with E-state index in [1.165, 1.54) is 4.90 Å². The van der Waals surface area contributed by atoms with Crippen LogP contribution < -0.4 is 10.6 Å². The van der Waals surface area contributed by atoms with Crippen LogP contribution in [0.15, 0.2) is 48.0 Å². The van der Waals surface area contributed by atoms with Crippen LogP contribution in [0.1, 0.15) is 11.1 Å². The molecule has 25 heavy (non-hydrogen) atoms. The number of nitriles is 1. The van der Waals surface area contributed by atoms with E-state index in [2.05, 4.69) is 0 Å². The Morgan fingerprint density at radius 3 is 2.36 bits per heavy atom. The molecular weight excluding hydrogens is 361 g/mol. The van der Waals surface area contributed by atoms with Gasteiger partial charge >= 0.3 is 0 Å². The second-order valence-electron chi connectivity index (χ2n) is 5.33. The molecule has 124 valence electrons. The lowest BCUT2D eigenvalue weighted by Crippen LogP contribution is -2.27. The molecule has 0 saturated carbocycles. The van der Waals surface area contributed by atoms with Crippen molar-refractivity contribution in [3.8, 4) is 6.07 Å². The molecule has 1 aliphatic rings. The average Bonchev–Trinajstić information content (AvgIpc) is 2.84. The zero-order chi connectivity index (χ0) is 18.1. The molecule has 0 atom stereocenters. The van der Waals surface area contributed by atoms with Crippen molar-refractivity contribution >= 4 is 46.3 Å². The SMILES string of the molecule is N#C/C(C(N)=O)=C1/C(=O)N(Cc2c(Cl)cccc2Cl)c2ccccc21. The summed E-state index contributed by atoms with van der Waals surface area (Å²) in [7, 11) is 0. The third-order valence-electron chi connectivity index (χ3n) is 3.91. The number of nitrogens with two attached hydrogens (primary N) is 1.